The van der Waals surface area contributed by atoms with Gasteiger partial charge in [-0.1, -0.05) is 11.1 Å². The third kappa shape index (κ3) is 1.57. The fourth-order valence-electron chi connectivity index (χ4n) is 0.453. The molecule has 0 aliphatic heterocycles. The minimum Gasteiger partial charge on any atom is -0.364 e. The predicted molar refractivity (Wildman–Crippen MR) is 29.1 cm³/mol. The van der Waals surface area contributed by atoms with Gasteiger partial charge in [0.15, 0.2) is 0 Å². The molecule has 1 heterocycles. The van der Waals surface area contributed by atoms with Gasteiger partial charge < -0.3 is 4.52 Å². The van der Waals surface area contributed by atoms with Crippen molar-refractivity contribution in [2.45, 2.75) is 6.42 Å². The van der Waals surface area contributed by atoms with Gasteiger partial charge in [0, 0.05) is 6.07 Å². The molecule has 0 fully saturated rings. The van der Waals surface area contributed by atoms with Crippen molar-refractivity contribution in [3.8, 4) is 12.1 Å². The molecule has 0 aliphatic rings. The van der Waals surface area contributed by atoms with E-state index in [-0.39, 0.29) is 0 Å². The second-order valence-corrected chi connectivity index (χ2v) is 1.44. The highest BCUT2D eigenvalue weighted by Crippen LogP contribution is 1.92. The Morgan fingerprint density at radius 1 is 1.78 bits per heavy atom. The second kappa shape index (κ2) is 2.88. The molecule has 0 amide bonds. The first-order valence-corrected chi connectivity index (χ1v) is 2.41. The molecule has 0 aliphatic carbocycles. The minimum atomic E-state index is 0.312. The molecular formula is C6H4FNO. The van der Waals surface area contributed by atoms with Gasteiger partial charge in [0.1, 0.15) is 12.4 Å². The number of hydrogen-bond acceptors (Lipinski definition) is 2. The molecule has 0 radical (unpaired) electrons. The van der Waals surface area contributed by atoms with E-state index < -0.39 is 0 Å². The fourth-order valence-corrected chi connectivity index (χ4v) is 0.453. The summed E-state index contributed by atoms with van der Waals surface area (Å²) in [5, 5.41) is 3.51. The lowest BCUT2D eigenvalue weighted by atomic mass is 10.3. The van der Waals surface area contributed by atoms with Crippen LogP contribution in [0.2, 0.25) is 0 Å². The summed E-state index contributed by atoms with van der Waals surface area (Å²) in [6.07, 6.45) is 3.01. The second-order valence-electron chi connectivity index (χ2n) is 1.44. The summed E-state index contributed by atoms with van der Waals surface area (Å²) < 4.78 is 15.6. The predicted octanol–water partition coefficient (Wildman–Crippen LogP) is 1.15. The van der Waals surface area contributed by atoms with Crippen molar-refractivity contribution in [1.29, 1.82) is 0 Å². The van der Waals surface area contributed by atoms with E-state index in [9.17, 15) is 4.39 Å². The van der Waals surface area contributed by atoms with E-state index in [1.807, 2.05) is 0 Å². The summed E-state index contributed by atoms with van der Waals surface area (Å²) in [7, 11) is 0. The molecular weight excluding hydrogens is 121 g/mol. The number of nitrogens with zero attached hydrogens (tertiary/aromatic N) is 1. The molecule has 9 heavy (non-hydrogen) atoms. The van der Waals surface area contributed by atoms with Crippen LogP contribution in [0.5, 0.6) is 0 Å². The first kappa shape index (κ1) is 5.83. The monoisotopic (exact) mass is 125 g/mol. The Bertz CT molecular complexity index is 219. The summed E-state index contributed by atoms with van der Waals surface area (Å²) in [4.78, 5) is 0. The summed E-state index contributed by atoms with van der Waals surface area (Å²) in [5.41, 5.74) is 0.653. The van der Waals surface area contributed by atoms with Gasteiger partial charge in [0.2, 0.25) is 0 Å². The van der Waals surface area contributed by atoms with E-state index in [2.05, 4.69) is 15.6 Å². The highest BCUT2D eigenvalue weighted by Gasteiger charge is 1.89. The van der Waals surface area contributed by atoms with Crippen LogP contribution in [0.25, 0.3) is 0 Å². The molecule has 3 heteroatoms. The van der Waals surface area contributed by atoms with Gasteiger partial charge in [-0.3, -0.25) is 0 Å². The van der Waals surface area contributed by atoms with Crippen molar-refractivity contribution in [3.05, 3.63) is 18.0 Å². The zero-order valence-corrected chi connectivity index (χ0v) is 4.60. The van der Waals surface area contributed by atoms with E-state index in [0.29, 0.717) is 12.1 Å². The standard InChI is InChI=1S/C6H4FNO/c7-4-1-2-6-3-5-9-8-6/h3,5H,2H2. The molecule has 0 aromatic carbocycles. The van der Waals surface area contributed by atoms with Crippen LogP contribution in [0.3, 0.4) is 0 Å². The molecule has 0 saturated carbocycles. The van der Waals surface area contributed by atoms with Crippen molar-refractivity contribution >= 4 is 0 Å². The summed E-state index contributed by atoms with van der Waals surface area (Å²) in [6, 6.07) is 1.64. The SMILES string of the molecule is FC#CCc1ccon1. The molecule has 1 rings (SSSR count). The molecule has 0 bridgehead atoms. The first-order valence-electron chi connectivity index (χ1n) is 2.41. The van der Waals surface area contributed by atoms with Gasteiger partial charge in [-0.15, -0.1) is 4.39 Å². The van der Waals surface area contributed by atoms with Crippen molar-refractivity contribution in [2.24, 2.45) is 0 Å². The number of aromatic nitrogens is 1. The largest absolute Gasteiger partial charge is 0.364 e. The lowest BCUT2D eigenvalue weighted by Gasteiger charge is -1.75. The molecule has 1 aromatic rings. The number of rotatable bonds is 1. The molecule has 46 valence electrons. The third-order valence-electron chi connectivity index (χ3n) is 0.828. The average molecular weight is 125 g/mol. The van der Waals surface area contributed by atoms with E-state index in [1.165, 1.54) is 12.4 Å². The molecule has 0 N–H and O–H groups in total. The maximum Gasteiger partial charge on any atom is 0.124 e. The van der Waals surface area contributed by atoms with E-state index >= 15 is 0 Å². The van der Waals surface area contributed by atoms with Gasteiger partial charge >= 0.3 is 0 Å². The van der Waals surface area contributed by atoms with Crippen molar-refractivity contribution < 1.29 is 8.91 Å². The number of halogens is 1. The smallest absolute Gasteiger partial charge is 0.124 e. The Morgan fingerprint density at radius 3 is 3.22 bits per heavy atom. The molecule has 0 saturated heterocycles. The molecule has 0 atom stereocenters. The van der Waals surface area contributed by atoms with Gasteiger partial charge in [0.25, 0.3) is 0 Å². The Labute approximate surface area is 51.7 Å². The van der Waals surface area contributed by atoms with Crippen LogP contribution in [0.1, 0.15) is 5.69 Å². The van der Waals surface area contributed by atoms with Crippen LogP contribution in [0.4, 0.5) is 4.39 Å². The molecule has 1 aromatic heterocycles. The third-order valence-corrected chi connectivity index (χ3v) is 0.828. The Morgan fingerprint density at radius 2 is 2.67 bits per heavy atom. The van der Waals surface area contributed by atoms with Crippen LogP contribution in [0, 0.1) is 12.1 Å². The average Bonchev–Trinajstić information content (AvgIpc) is 2.34. The Kier molecular flexibility index (Phi) is 1.86. The van der Waals surface area contributed by atoms with Gasteiger partial charge in [-0.05, 0) is 0 Å². The molecule has 0 spiro atoms. The maximum atomic E-state index is 11.2. The molecule has 2 nitrogen and oxygen atoms in total. The highest BCUT2D eigenvalue weighted by molar-refractivity contribution is 5.07. The van der Waals surface area contributed by atoms with Gasteiger partial charge in [-0.25, -0.2) is 0 Å². The van der Waals surface area contributed by atoms with Crippen LogP contribution in [0.15, 0.2) is 16.9 Å². The zero-order valence-electron chi connectivity index (χ0n) is 4.60. The van der Waals surface area contributed by atoms with Crippen LogP contribution in [-0.4, -0.2) is 5.16 Å². The van der Waals surface area contributed by atoms with Crippen molar-refractivity contribution in [2.75, 3.05) is 0 Å². The summed E-state index contributed by atoms with van der Waals surface area (Å²) in [6.45, 7) is 0. The highest BCUT2D eigenvalue weighted by atomic mass is 19.1. The molecule has 0 unspecified atom stereocenters. The van der Waals surface area contributed by atoms with Crippen molar-refractivity contribution in [3.63, 3.8) is 0 Å². The van der Waals surface area contributed by atoms with Crippen LogP contribution >= 0.6 is 0 Å². The zero-order chi connectivity index (χ0) is 6.53. The van der Waals surface area contributed by atoms with Gasteiger partial charge in [0.05, 0.1) is 12.1 Å². The number of hydrogen-bond donors (Lipinski definition) is 0. The van der Waals surface area contributed by atoms with E-state index in [0.717, 1.165) is 0 Å². The topological polar surface area (TPSA) is 26.0 Å². The van der Waals surface area contributed by atoms with E-state index in [4.69, 9.17) is 0 Å². The lowest BCUT2D eigenvalue weighted by Crippen LogP contribution is -1.77. The minimum absolute atomic E-state index is 0.312. The normalized spacial score (nSPS) is 8.11. The fraction of sp³-hybridized carbons (Fsp3) is 0.167. The van der Waals surface area contributed by atoms with Crippen LogP contribution in [-0.2, 0) is 6.42 Å². The van der Waals surface area contributed by atoms with Gasteiger partial charge in [-0.2, -0.15) is 0 Å². The summed E-state index contributed by atoms with van der Waals surface area (Å²) in [5.74, 6) is 2.21. The van der Waals surface area contributed by atoms with E-state index in [1.54, 1.807) is 6.07 Å². The van der Waals surface area contributed by atoms with Crippen molar-refractivity contribution in [1.82, 2.24) is 5.16 Å². The maximum absolute atomic E-state index is 11.2. The lowest BCUT2D eigenvalue weighted by molar-refractivity contribution is 0.413. The quantitative estimate of drug-likeness (QED) is 0.526. The Balaban J connectivity index is 2.54. The Hall–Kier alpha value is -1.30. The first-order chi connectivity index (χ1) is 4.43. The van der Waals surface area contributed by atoms with Crippen LogP contribution < -0.4 is 0 Å². The summed E-state index contributed by atoms with van der Waals surface area (Å²) >= 11 is 0.